The Morgan fingerprint density at radius 1 is 1.36 bits per heavy atom. The molecule has 0 radical (unpaired) electrons. The van der Waals surface area contributed by atoms with Crippen molar-refractivity contribution in [3.63, 3.8) is 0 Å². The van der Waals surface area contributed by atoms with Crippen molar-refractivity contribution < 1.29 is 4.74 Å². The third-order valence-electron chi connectivity index (χ3n) is 2.06. The van der Waals surface area contributed by atoms with Crippen LogP contribution in [0, 0.1) is 11.3 Å². The molecule has 0 saturated carbocycles. The number of rotatable bonds is 1. The van der Waals surface area contributed by atoms with Crippen LogP contribution < -0.4 is 4.74 Å². The van der Waals surface area contributed by atoms with Crippen LogP contribution in [0.3, 0.4) is 0 Å². The molecule has 2 aromatic rings. The Bertz CT molecular complexity index is 514. The molecule has 0 unspecified atom stereocenters. The molecular weight excluding hydrogens is 176 g/mol. The second-order valence-corrected chi connectivity index (χ2v) is 2.83. The van der Waals surface area contributed by atoms with Gasteiger partial charge < -0.3 is 4.74 Å². The van der Waals surface area contributed by atoms with E-state index in [4.69, 9.17) is 10.00 Å². The quantitative estimate of drug-likeness (QED) is 0.681. The fourth-order valence-corrected chi connectivity index (χ4v) is 1.43. The Morgan fingerprint density at radius 2 is 2.21 bits per heavy atom. The summed E-state index contributed by atoms with van der Waals surface area (Å²) in [4.78, 5) is 4.18. The topological polar surface area (TPSA) is 45.9 Å². The minimum absolute atomic E-state index is 0.535. The fraction of sp³-hybridized carbons (Fsp3) is 0.0909. The summed E-state index contributed by atoms with van der Waals surface area (Å²) in [5, 5.41) is 9.73. The molecule has 0 aliphatic carbocycles. The van der Waals surface area contributed by atoms with Crippen LogP contribution in [-0.2, 0) is 0 Å². The van der Waals surface area contributed by atoms with Crippen LogP contribution >= 0.6 is 0 Å². The van der Waals surface area contributed by atoms with E-state index in [9.17, 15) is 0 Å². The Labute approximate surface area is 81.6 Å². The fourth-order valence-electron chi connectivity index (χ4n) is 1.43. The monoisotopic (exact) mass is 184 g/mol. The number of benzene rings is 1. The van der Waals surface area contributed by atoms with Gasteiger partial charge >= 0.3 is 0 Å². The standard InChI is InChI=1S/C11H8N2O/c1-14-11-8(7-12)4-5-10-9(11)3-2-6-13-10/h2-6H,1H3. The Balaban J connectivity index is 2.85. The molecule has 3 heteroatoms. The van der Waals surface area contributed by atoms with Gasteiger partial charge in [0.05, 0.1) is 18.2 Å². The predicted molar refractivity (Wildman–Crippen MR) is 53.0 cm³/mol. The first-order valence-corrected chi connectivity index (χ1v) is 4.18. The summed E-state index contributed by atoms with van der Waals surface area (Å²) in [7, 11) is 1.56. The highest BCUT2D eigenvalue weighted by Gasteiger charge is 2.06. The molecule has 0 bridgehead atoms. The minimum atomic E-state index is 0.535. The van der Waals surface area contributed by atoms with Gasteiger partial charge in [0.15, 0.2) is 0 Å². The van der Waals surface area contributed by atoms with Crippen molar-refractivity contribution in [2.75, 3.05) is 7.11 Å². The summed E-state index contributed by atoms with van der Waals surface area (Å²) < 4.78 is 5.19. The molecule has 1 heterocycles. The molecule has 0 saturated heterocycles. The van der Waals surface area contributed by atoms with E-state index in [1.807, 2.05) is 18.2 Å². The summed E-state index contributed by atoms with van der Waals surface area (Å²) >= 11 is 0. The maximum absolute atomic E-state index is 8.86. The average Bonchev–Trinajstić information content (AvgIpc) is 2.27. The van der Waals surface area contributed by atoms with E-state index in [1.165, 1.54) is 0 Å². The lowest BCUT2D eigenvalue weighted by atomic mass is 10.1. The number of nitrogens with zero attached hydrogens (tertiary/aromatic N) is 2. The highest BCUT2D eigenvalue weighted by molar-refractivity contribution is 5.87. The van der Waals surface area contributed by atoms with Crippen LogP contribution in [0.25, 0.3) is 10.9 Å². The molecule has 0 fully saturated rings. The van der Waals surface area contributed by atoms with E-state index in [2.05, 4.69) is 11.1 Å². The first-order valence-electron chi connectivity index (χ1n) is 4.18. The van der Waals surface area contributed by atoms with E-state index in [0.717, 1.165) is 10.9 Å². The summed E-state index contributed by atoms with van der Waals surface area (Å²) in [5.74, 6) is 0.595. The number of aromatic nitrogens is 1. The SMILES string of the molecule is COc1c(C#N)ccc2ncccc12. The molecular formula is C11H8N2O. The lowest BCUT2D eigenvalue weighted by Crippen LogP contribution is -1.90. The van der Waals surface area contributed by atoms with Crippen molar-refractivity contribution in [1.29, 1.82) is 5.26 Å². The molecule has 14 heavy (non-hydrogen) atoms. The smallest absolute Gasteiger partial charge is 0.146 e. The number of hydrogen-bond acceptors (Lipinski definition) is 3. The molecule has 0 amide bonds. The van der Waals surface area contributed by atoms with Gasteiger partial charge in [0.2, 0.25) is 0 Å². The zero-order chi connectivity index (χ0) is 9.97. The van der Waals surface area contributed by atoms with Gasteiger partial charge in [-0.2, -0.15) is 5.26 Å². The number of ether oxygens (including phenoxy) is 1. The maximum Gasteiger partial charge on any atom is 0.146 e. The molecule has 0 N–H and O–H groups in total. The van der Waals surface area contributed by atoms with Crippen molar-refractivity contribution >= 4 is 10.9 Å². The van der Waals surface area contributed by atoms with Crippen molar-refractivity contribution in [2.24, 2.45) is 0 Å². The first kappa shape index (κ1) is 8.52. The molecule has 0 aliphatic rings. The minimum Gasteiger partial charge on any atom is -0.495 e. The van der Waals surface area contributed by atoms with Gasteiger partial charge in [0.25, 0.3) is 0 Å². The van der Waals surface area contributed by atoms with Crippen LogP contribution in [0.4, 0.5) is 0 Å². The summed E-state index contributed by atoms with van der Waals surface area (Å²) in [6.07, 6.45) is 1.72. The second kappa shape index (κ2) is 3.35. The van der Waals surface area contributed by atoms with Crippen molar-refractivity contribution in [1.82, 2.24) is 4.98 Å². The first-order chi connectivity index (χ1) is 6.86. The molecule has 0 aliphatic heterocycles. The van der Waals surface area contributed by atoms with Crippen molar-refractivity contribution in [3.05, 3.63) is 36.0 Å². The summed E-state index contributed by atoms with van der Waals surface area (Å²) in [6, 6.07) is 9.33. The average molecular weight is 184 g/mol. The number of fused-ring (bicyclic) bond motifs is 1. The van der Waals surface area contributed by atoms with E-state index in [-0.39, 0.29) is 0 Å². The number of methoxy groups -OCH3 is 1. The number of nitriles is 1. The summed E-state index contributed by atoms with van der Waals surface area (Å²) in [6.45, 7) is 0. The molecule has 3 nitrogen and oxygen atoms in total. The zero-order valence-corrected chi connectivity index (χ0v) is 7.69. The van der Waals surface area contributed by atoms with Crippen LogP contribution in [-0.4, -0.2) is 12.1 Å². The normalized spacial score (nSPS) is 9.71. The van der Waals surface area contributed by atoms with Gasteiger partial charge in [-0.05, 0) is 24.3 Å². The van der Waals surface area contributed by atoms with E-state index in [0.29, 0.717) is 11.3 Å². The molecule has 2 rings (SSSR count). The highest BCUT2D eigenvalue weighted by Crippen LogP contribution is 2.27. The van der Waals surface area contributed by atoms with Crippen LogP contribution in [0.15, 0.2) is 30.5 Å². The lowest BCUT2D eigenvalue weighted by molar-refractivity contribution is 0.418. The molecule has 0 spiro atoms. The molecule has 1 aromatic carbocycles. The van der Waals surface area contributed by atoms with Gasteiger partial charge in [-0.15, -0.1) is 0 Å². The number of hydrogen-bond donors (Lipinski definition) is 0. The third-order valence-corrected chi connectivity index (χ3v) is 2.06. The number of pyridine rings is 1. The maximum atomic E-state index is 8.86. The van der Waals surface area contributed by atoms with Crippen molar-refractivity contribution in [3.8, 4) is 11.8 Å². The van der Waals surface area contributed by atoms with Gasteiger partial charge in [-0.25, -0.2) is 0 Å². The van der Waals surface area contributed by atoms with Gasteiger partial charge in [-0.1, -0.05) is 0 Å². The van der Waals surface area contributed by atoms with Crippen LogP contribution in [0.1, 0.15) is 5.56 Å². The Morgan fingerprint density at radius 3 is 2.93 bits per heavy atom. The van der Waals surface area contributed by atoms with Crippen LogP contribution in [0.5, 0.6) is 5.75 Å². The lowest BCUT2D eigenvalue weighted by Gasteiger charge is -2.05. The van der Waals surface area contributed by atoms with Crippen LogP contribution in [0.2, 0.25) is 0 Å². The van der Waals surface area contributed by atoms with E-state index >= 15 is 0 Å². The predicted octanol–water partition coefficient (Wildman–Crippen LogP) is 2.12. The van der Waals surface area contributed by atoms with E-state index < -0.39 is 0 Å². The van der Waals surface area contributed by atoms with Gasteiger partial charge in [-0.3, -0.25) is 4.98 Å². The van der Waals surface area contributed by atoms with E-state index in [1.54, 1.807) is 19.4 Å². The Hall–Kier alpha value is -2.08. The second-order valence-electron chi connectivity index (χ2n) is 2.83. The van der Waals surface area contributed by atoms with Gasteiger partial charge in [0.1, 0.15) is 11.8 Å². The molecule has 1 aromatic heterocycles. The largest absolute Gasteiger partial charge is 0.495 e. The Kier molecular flexibility index (Phi) is 2.04. The highest BCUT2D eigenvalue weighted by atomic mass is 16.5. The van der Waals surface area contributed by atoms with Crippen molar-refractivity contribution in [2.45, 2.75) is 0 Å². The third kappa shape index (κ3) is 1.17. The zero-order valence-electron chi connectivity index (χ0n) is 7.69. The summed E-state index contributed by atoms with van der Waals surface area (Å²) in [5.41, 5.74) is 1.37. The molecule has 68 valence electrons. The van der Waals surface area contributed by atoms with Gasteiger partial charge in [0, 0.05) is 11.6 Å². The molecule has 0 atom stereocenters.